The Labute approximate surface area is 203 Å². The molecule has 0 saturated carbocycles. The van der Waals surface area contributed by atoms with Crippen molar-refractivity contribution < 1.29 is 9.59 Å². The molecule has 0 spiro atoms. The Morgan fingerprint density at radius 3 is 2.13 bits per heavy atom. The van der Waals surface area contributed by atoms with E-state index in [9.17, 15) is 9.59 Å². The van der Waals surface area contributed by atoms with Crippen LogP contribution in [-0.4, -0.2) is 28.8 Å². The molecule has 0 radical (unpaired) electrons. The largest absolute Gasteiger partial charge is 0.352 e. The summed E-state index contributed by atoms with van der Waals surface area (Å²) < 4.78 is 0. The molecule has 2 rings (SSSR count). The lowest BCUT2D eigenvalue weighted by molar-refractivity contribution is -0.141. The van der Waals surface area contributed by atoms with Crippen LogP contribution in [0.5, 0.6) is 0 Å². The number of nitrogens with one attached hydrogen (secondary N) is 1. The highest BCUT2D eigenvalue weighted by molar-refractivity contribution is 6.42. The molecule has 168 valence electrons. The lowest BCUT2D eigenvalue weighted by Crippen LogP contribution is -2.51. The molecule has 0 aromatic heterocycles. The number of amides is 2. The van der Waals surface area contributed by atoms with Crippen molar-refractivity contribution >= 4 is 58.2 Å². The highest BCUT2D eigenvalue weighted by Gasteiger charge is 2.30. The summed E-state index contributed by atoms with van der Waals surface area (Å²) in [5.41, 5.74) is 1.30. The predicted molar refractivity (Wildman–Crippen MR) is 129 cm³/mol. The second-order valence-corrected chi connectivity index (χ2v) is 9.02. The van der Waals surface area contributed by atoms with Crippen molar-refractivity contribution in [3.05, 3.63) is 67.6 Å². The Morgan fingerprint density at radius 1 is 0.935 bits per heavy atom. The van der Waals surface area contributed by atoms with E-state index in [1.165, 1.54) is 0 Å². The molecule has 31 heavy (non-hydrogen) atoms. The molecule has 0 aliphatic carbocycles. The van der Waals surface area contributed by atoms with Crippen LogP contribution in [-0.2, 0) is 22.6 Å². The van der Waals surface area contributed by atoms with E-state index in [2.05, 4.69) is 5.32 Å². The molecule has 0 aliphatic rings. The summed E-state index contributed by atoms with van der Waals surface area (Å²) in [6.45, 7) is 5.99. The molecular formula is C23H26Cl4N2O2. The summed E-state index contributed by atoms with van der Waals surface area (Å²) in [7, 11) is 0. The first-order valence-electron chi connectivity index (χ1n) is 10.1. The van der Waals surface area contributed by atoms with Gasteiger partial charge >= 0.3 is 0 Å². The van der Waals surface area contributed by atoms with Crippen molar-refractivity contribution in [3.8, 4) is 0 Å². The summed E-state index contributed by atoms with van der Waals surface area (Å²) in [6, 6.07) is 9.60. The second-order valence-electron chi connectivity index (χ2n) is 7.39. The lowest BCUT2D eigenvalue weighted by atomic mass is 10.1. The van der Waals surface area contributed by atoms with Crippen molar-refractivity contribution in [2.45, 2.75) is 58.7 Å². The topological polar surface area (TPSA) is 49.4 Å². The smallest absolute Gasteiger partial charge is 0.243 e. The highest BCUT2D eigenvalue weighted by atomic mass is 35.5. The van der Waals surface area contributed by atoms with Crippen LogP contribution in [0.2, 0.25) is 20.1 Å². The molecule has 2 aromatic rings. The van der Waals surface area contributed by atoms with E-state index in [1.807, 2.05) is 20.8 Å². The third-order valence-corrected chi connectivity index (χ3v) is 6.56. The quantitative estimate of drug-likeness (QED) is 0.421. The van der Waals surface area contributed by atoms with Gasteiger partial charge in [-0.05, 0) is 55.2 Å². The third-order valence-electron chi connectivity index (χ3n) is 5.11. The minimum absolute atomic E-state index is 0.00138. The molecule has 1 N–H and O–H groups in total. The maximum absolute atomic E-state index is 13.4. The molecule has 0 fully saturated rings. The fraction of sp³-hybridized carbons (Fsp3) is 0.391. The van der Waals surface area contributed by atoms with Gasteiger partial charge in [-0.2, -0.15) is 0 Å². The molecule has 2 amide bonds. The van der Waals surface area contributed by atoms with Gasteiger partial charge in [0.25, 0.3) is 0 Å². The van der Waals surface area contributed by atoms with E-state index < -0.39 is 6.04 Å². The Hall–Kier alpha value is -1.46. The van der Waals surface area contributed by atoms with Crippen molar-refractivity contribution in [2.24, 2.45) is 0 Å². The monoisotopic (exact) mass is 502 g/mol. The second kappa shape index (κ2) is 12.0. The minimum Gasteiger partial charge on any atom is -0.352 e. The van der Waals surface area contributed by atoms with Crippen LogP contribution in [0.3, 0.4) is 0 Å². The Kier molecular flexibility index (Phi) is 9.95. The zero-order chi connectivity index (χ0) is 23.1. The molecule has 2 atom stereocenters. The van der Waals surface area contributed by atoms with Crippen molar-refractivity contribution in [3.63, 3.8) is 0 Å². The number of carbonyl (C=O) groups is 2. The van der Waals surface area contributed by atoms with Gasteiger partial charge in [-0.15, -0.1) is 0 Å². The predicted octanol–water partition coefficient (Wildman–Crippen LogP) is 6.56. The summed E-state index contributed by atoms with van der Waals surface area (Å²) in [5, 5.41) is 4.61. The fourth-order valence-electron chi connectivity index (χ4n) is 3.15. The number of carbonyl (C=O) groups excluding carboxylic acids is 2. The van der Waals surface area contributed by atoms with Crippen LogP contribution in [0.15, 0.2) is 36.4 Å². The number of nitrogens with zero attached hydrogens (tertiary/aromatic N) is 1. The summed E-state index contributed by atoms with van der Waals surface area (Å²) in [6.07, 6.45) is 1.22. The van der Waals surface area contributed by atoms with Gasteiger partial charge in [0.2, 0.25) is 11.8 Å². The SMILES string of the molecule is CC[C@@H](C)NC(=O)[C@H](CC)N(Cc1ccc(Cl)c(Cl)c1)C(=O)Cc1c(Cl)cccc1Cl. The minimum atomic E-state index is -0.655. The normalized spacial score (nSPS) is 12.9. The number of hydrogen-bond donors (Lipinski definition) is 1. The van der Waals surface area contributed by atoms with Crippen LogP contribution in [0.25, 0.3) is 0 Å². The van der Waals surface area contributed by atoms with Gasteiger partial charge in [0.05, 0.1) is 16.5 Å². The van der Waals surface area contributed by atoms with Gasteiger partial charge in [0, 0.05) is 22.6 Å². The zero-order valence-corrected chi connectivity index (χ0v) is 20.7. The molecule has 0 saturated heterocycles. The molecular weight excluding hydrogens is 478 g/mol. The molecule has 0 aliphatic heterocycles. The third kappa shape index (κ3) is 7.01. The molecule has 0 bridgehead atoms. The lowest BCUT2D eigenvalue weighted by Gasteiger charge is -2.32. The molecule has 4 nitrogen and oxygen atoms in total. The van der Waals surface area contributed by atoms with Crippen molar-refractivity contribution in [2.75, 3.05) is 0 Å². The van der Waals surface area contributed by atoms with Crippen molar-refractivity contribution in [1.29, 1.82) is 0 Å². The standard InChI is InChI=1S/C23H26Cl4N2O2/c1-4-14(3)28-23(31)21(5-2)29(13-15-9-10-19(26)20(27)11-15)22(30)12-16-17(24)7-6-8-18(16)25/h6-11,14,21H,4-5,12-13H2,1-3H3,(H,28,31)/t14-,21+/m1/s1. The van der Waals surface area contributed by atoms with E-state index in [-0.39, 0.29) is 30.8 Å². The van der Waals surface area contributed by atoms with Gasteiger partial charge < -0.3 is 10.2 Å². The van der Waals surface area contributed by atoms with Gasteiger partial charge in [0.1, 0.15) is 6.04 Å². The van der Waals surface area contributed by atoms with Crippen LogP contribution >= 0.6 is 46.4 Å². The first-order valence-corrected chi connectivity index (χ1v) is 11.7. The van der Waals surface area contributed by atoms with Gasteiger partial charge in [-0.1, -0.05) is 72.4 Å². The van der Waals surface area contributed by atoms with Crippen molar-refractivity contribution in [1.82, 2.24) is 10.2 Å². The summed E-state index contributed by atoms with van der Waals surface area (Å²) in [5.74, 6) is -0.456. The van der Waals surface area contributed by atoms with Gasteiger partial charge in [-0.25, -0.2) is 0 Å². The van der Waals surface area contributed by atoms with E-state index in [1.54, 1.807) is 41.3 Å². The van der Waals surface area contributed by atoms with Gasteiger partial charge in [-0.3, -0.25) is 9.59 Å². The maximum atomic E-state index is 13.4. The van der Waals surface area contributed by atoms with Crippen LogP contribution in [0.1, 0.15) is 44.7 Å². The highest BCUT2D eigenvalue weighted by Crippen LogP contribution is 2.27. The Bertz CT molecular complexity index is 916. The zero-order valence-electron chi connectivity index (χ0n) is 17.7. The first kappa shape index (κ1) is 25.8. The Balaban J connectivity index is 2.38. The number of benzene rings is 2. The van der Waals surface area contributed by atoms with E-state index in [4.69, 9.17) is 46.4 Å². The summed E-state index contributed by atoms with van der Waals surface area (Å²) in [4.78, 5) is 27.9. The number of hydrogen-bond acceptors (Lipinski definition) is 2. The van der Waals surface area contributed by atoms with Gasteiger partial charge in [0.15, 0.2) is 0 Å². The van der Waals surface area contributed by atoms with E-state index in [0.717, 1.165) is 12.0 Å². The Morgan fingerprint density at radius 2 is 1.58 bits per heavy atom. The van der Waals surface area contributed by atoms with E-state index in [0.29, 0.717) is 32.1 Å². The fourth-order valence-corrected chi connectivity index (χ4v) is 4.00. The molecule has 8 heteroatoms. The number of halogens is 4. The molecule has 0 unspecified atom stereocenters. The average molecular weight is 504 g/mol. The summed E-state index contributed by atoms with van der Waals surface area (Å²) >= 11 is 24.7. The molecule has 0 heterocycles. The van der Waals surface area contributed by atoms with Crippen LogP contribution < -0.4 is 5.32 Å². The number of rotatable bonds is 9. The van der Waals surface area contributed by atoms with Crippen LogP contribution in [0.4, 0.5) is 0 Å². The van der Waals surface area contributed by atoms with Crippen LogP contribution in [0, 0.1) is 0 Å². The maximum Gasteiger partial charge on any atom is 0.243 e. The van der Waals surface area contributed by atoms with E-state index >= 15 is 0 Å². The molecule has 2 aromatic carbocycles. The average Bonchev–Trinajstić information content (AvgIpc) is 2.73. The first-order chi connectivity index (χ1) is 14.7.